The number of rotatable bonds is 6. The van der Waals surface area contributed by atoms with Crippen LogP contribution < -0.4 is 10.1 Å². The Morgan fingerprint density at radius 3 is 2.76 bits per heavy atom. The van der Waals surface area contributed by atoms with E-state index in [2.05, 4.69) is 20.3 Å². The van der Waals surface area contributed by atoms with Crippen molar-refractivity contribution in [1.82, 2.24) is 15.0 Å². The quantitative estimate of drug-likeness (QED) is 0.883. The maximum atomic E-state index is 5.88. The van der Waals surface area contributed by atoms with Crippen molar-refractivity contribution in [3.63, 3.8) is 0 Å². The second kappa shape index (κ2) is 7.19. The van der Waals surface area contributed by atoms with Crippen LogP contribution in [0.1, 0.15) is 19.4 Å². The minimum atomic E-state index is -0.0404. The van der Waals surface area contributed by atoms with Gasteiger partial charge in [-0.15, -0.1) is 0 Å². The summed E-state index contributed by atoms with van der Waals surface area (Å²) in [5.41, 5.74) is 1.88. The molecule has 0 aliphatic rings. The molecule has 0 unspecified atom stereocenters. The molecule has 0 spiro atoms. The van der Waals surface area contributed by atoms with Gasteiger partial charge in [0.2, 0.25) is 11.2 Å². The summed E-state index contributed by atoms with van der Waals surface area (Å²) < 4.78 is 10.5. The second-order valence-electron chi connectivity index (χ2n) is 4.64. The third-order valence-corrected chi connectivity index (χ3v) is 2.59. The van der Waals surface area contributed by atoms with E-state index in [-0.39, 0.29) is 17.4 Å². The standard InChI is InChI=1S/C14H17ClN4O2/c1-9(2)21-14-18-12(15)17-13(19-14)16-11-6-4-5-10(7-11)8-20-3/h4-7,9H,8H2,1-3H3,(H,16,17,18,19). The normalized spacial score (nSPS) is 10.7. The van der Waals surface area contributed by atoms with Gasteiger partial charge < -0.3 is 14.8 Å². The van der Waals surface area contributed by atoms with Gasteiger partial charge in [-0.25, -0.2) is 0 Å². The fourth-order valence-corrected chi connectivity index (χ4v) is 1.84. The summed E-state index contributed by atoms with van der Waals surface area (Å²) in [6.45, 7) is 4.31. The van der Waals surface area contributed by atoms with E-state index < -0.39 is 0 Å². The van der Waals surface area contributed by atoms with Gasteiger partial charge >= 0.3 is 6.01 Å². The molecule has 21 heavy (non-hydrogen) atoms. The first-order valence-electron chi connectivity index (χ1n) is 6.50. The molecule has 1 N–H and O–H groups in total. The van der Waals surface area contributed by atoms with Crippen molar-refractivity contribution in [2.75, 3.05) is 12.4 Å². The largest absolute Gasteiger partial charge is 0.461 e. The average molecular weight is 309 g/mol. The highest BCUT2D eigenvalue weighted by atomic mass is 35.5. The first kappa shape index (κ1) is 15.5. The third kappa shape index (κ3) is 4.84. The zero-order valence-corrected chi connectivity index (χ0v) is 12.9. The van der Waals surface area contributed by atoms with E-state index in [4.69, 9.17) is 21.1 Å². The number of hydrogen-bond donors (Lipinski definition) is 1. The summed E-state index contributed by atoms with van der Waals surface area (Å²) >= 11 is 5.88. The minimum absolute atomic E-state index is 0.0404. The molecule has 0 amide bonds. The molecular weight excluding hydrogens is 292 g/mol. The van der Waals surface area contributed by atoms with Crippen LogP contribution in [0.3, 0.4) is 0 Å². The van der Waals surface area contributed by atoms with E-state index in [1.807, 2.05) is 38.1 Å². The summed E-state index contributed by atoms with van der Waals surface area (Å²) in [5, 5.41) is 3.15. The zero-order chi connectivity index (χ0) is 15.2. The lowest BCUT2D eigenvalue weighted by molar-refractivity contribution is 0.185. The molecular formula is C14H17ClN4O2. The molecule has 1 heterocycles. The number of methoxy groups -OCH3 is 1. The first-order valence-corrected chi connectivity index (χ1v) is 6.87. The van der Waals surface area contributed by atoms with Gasteiger partial charge in [-0.2, -0.15) is 15.0 Å². The smallest absolute Gasteiger partial charge is 0.322 e. The van der Waals surface area contributed by atoms with Crippen LogP contribution in [0.2, 0.25) is 5.28 Å². The summed E-state index contributed by atoms with van der Waals surface area (Å²) in [7, 11) is 1.65. The monoisotopic (exact) mass is 308 g/mol. The molecule has 0 radical (unpaired) electrons. The van der Waals surface area contributed by atoms with Crippen LogP contribution in [-0.4, -0.2) is 28.2 Å². The van der Waals surface area contributed by atoms with Crippen LogP contribution in [0.25, 0.3) is 0 Å². The predicted octanol–water partition coefficient (Wildman–Crippen LogP) is 3.20. The molecule has 1 aromatic carbocycles. The minimum Gasteiger partial charge on any atom is -0.461 e. The molecule has 0 saturated heterocycles. The topological polar surface area (TPSA) is 69.2 Å². The Hall–Kier alpha value is -1.92. The van der Waals surface area contributed by atoms with E-state index in [9.17, 15) is 0 Å². The van der Waals surface area contributed by atoms with E-state index in [1.54, 1.807) is 7.11 Å². The van der Waals surface area contributed by atoms with E-state index in [0.717, 1.165) is 11.3 Å². The van der Waals surface area contributed by atoms with Crippen molar-refractivity contribution in [2.45, 2.75) is 26.6 Å². The van der Waals surface area contributed by atoms with Crippen molar-refractivity contribution in [3.05, 3.63) is 35.1 Å². The molecule has 0 bridgehead atoms. The van der Waals surface area contributed by atoms with Crippen molar-refractivity contribution < 1.29 is 9.47 Å². The lowest BCUT2D eigenvalue weighted by atomic mass is 10.2. The van der Waals surface area contributed by atoms with Gasteiger partial charge in [-0.3, -0.25) is 0 Å². The molecule has 1 aromatic heterocycles. The molecule has 0 atom stereocenters. The molecule has 0 aliphatic carbocycles. The summed E-state index contributed by atoms with van der Waals surface area (Å²) in [6, 6.07) is 7.94. The van der Waals surface area contributed by atoms with Crippen LogP contribution in [-0.2, 0) is 11.3 Å². The van der Waals surface area contributed by atoms with Crippen LogP contribution in [0.5, 0.6) is 6.01 Å². The number of aromatic nitrogens is 3. The molecule has 0 aliphatic heterocycles. The number of hydrogen-bond acceptors (Lipinski definition) is 6. The number of nitrogens with zero attached hydrogens (tertiary/aromatic N) is 3. The summed E-state index contributed by atoms with van der Waals surface area (Å²) in [6.07, 6.45) is -0.0404. The summed E-state index contributed by atoms with van der Waals surface area (Å²) in [5.74, 6) is 0.334. The molecule has 112 valence electrons. The molecule has 7 heteroatoms. The molecule has 2 aromatic rings. The highest BCUT2D eigenvalue weighted by Crippen LogP contribution is 2.18. The van der Waals surface area contributed by atoms with Gasteiger partial charge in [0.15, 0.2) is 0 Å². The highest BCUT2D eigenvalue weighted by Gasteiger charge is 2.08. The molecule has 2 rings (SSSR count). The number of ether oxygens (including phenoxy) is 2. The highest BCUT2D eigenvalue weighted by molar-refractivity contribution is 6.28. The van der Waals surface area contributed by atoms with E-state index >= 15 is 0 Å². The lowest BCUT2D eigenvalue weighted by Gasteiger charge is -2.10. The number of benzene rings is 1. The van der Waals surface area contributed by atoms with Crippen molar-refractivity contribution in [3.8, 4) is 6.01 Å². The van der Waals surface area contributed by atoms with Crippen molar-refractivity contribution >= 4 is 23.2 Å². The first-order chi connectivity index (χ1) is 10.1. The van der Waals surface area contributed by atoms with Gasteiger partial charge in [0.1, 0.15) is 0 Å². The second-order valence-corrected chi connectivity index (χ2v) is 4.97. The SMILES string of the molecule is COCc1cccc(Nc2nc(Cl)nc(OC(C)C)n2)c1. The number of anilines is 2. The zero-order valence-electron chi connectivity index (χ0n) is 12.1. The van der Waals surface area contributed by atoms with E-state index in [0.29, 0.717) is 12.6 Å². The van der Waals surface area contributed by atoms with Gasteiger partial charge in [0.25, 0.3) is 0 Å². The fourth-order valence-electron chi connectivity index (χ4n) is 1.69. The van der Waals surface area contributed by atoms with Crippen LogP contribution in [0.15, 0.2) is 24.3 Å². The van der Waals surface area contributed by atoms with Crippen LogP contribution >= 0.6 is 11.6 Å². The van der Waals surface area contributed by atoms with Crippen molar-refractivity contribution in [2.24, 2.45) is 0 Å². The third-order valence-electron chi connectivity index (χ3n) is 2.42. The molecule has 0 saturated carbocycles. The van der Waals surface area contributed by atoms with Gasteiger partial charge in [-0.05, 0) is 43.1 Å². The maximum absolute atomic E-state index is 5.88. The van der Waals surface area contributed by atoms with E-state index in [1.165, 1.54) is 0 Å². The summed E-state index contributed by atoms with van der Waals surface area (Å²) in [4.78, 5) is 12.1. The number of halogens is 1. The average Bonchev–Trinajstić information content (AvgIpc) is 2.37. The number of nitrogens with one attached hydrogen (secondary N) is 1. The lowest BCUT2D eigenvalue weighted by Crippen LogP contribution is -2.10. The van der Waals surface area contributed by atoms with Gasteiger partial charge in [-0.1, -0.05) is 12.1 Å². The van der Waals surface area contributed by atoms with Gasteiger partial charge in [0, 0.05) is 12.8 Å². The van der Waals surface area contributed by atoms with Crippen LogP contribution in [0.4, 0.5) is 11.6 Å². The Morgan fingerprint density at radius 1 is 1.24 bits per heavy atom. The Kier molecular flexibility index (Phi) is 5.30. The maximum Gasteiger partial charge on any atom is 0.322 e. The van der Waals surface area contributed by atoms with Crippen LogP contribution in [0, 0.1) is 0 Å². The Bertz CT molecular complexity index is 607. The Labute approximate surface area is 128 Å². The molecule has 6 nitrogen and oxygen atoms in total. The predicted molar refractivity (Wildman–Crippen MR) is 81.0 cm³/mol. The Balaban J connectivity index is 2.18. The van der Waals surface area contributed by atoms with Gasteiger partial charge in [0.05, 0.1) is 12.7 Å². The molecule has 0 fully saturated rings. The Morgan fingerprint density at radius 2 is 2.05 bits per heavy atom. The van der Waals surface area contributed by atoms with Crippen molar-refractivity contribution in [1.29, 1.82) is 0 Å². The fraction of sp³-hybridized carbons (Fsp3) is 0.357.